The molecule has 1 N–H and O–H groups in total. The summed E-state index contributed by atoms with van der Waals surface area (Å²) in [5.74, 6) is -0.709. The lowest BCUT2D eigenvalue weighted by Gasteiger charge is -2.33. The van der Waals surface area contributed by atoms with Gasteiger partial charge in [0.2, 0.25) is 11.8 Å². The molecular formula is C21H20BrClFN3O2. The van der Waals surface area contributed by atoms with E-state index in [4.69, 9.17) is 11.6 Å². The number of halogens is 3. The molecule has 0 aliphatic carbocycles. The average Bonchev–Trinajstić information content (AvgIpc) is 2.70. The van der Waals surface area contributed by atoms with Gasteiger partial charge in [0.1, 0.15) is 5.82 Å². The predicted octanol–water partition coefficient (Wildman–Crippen LogP) is 4.04. The number of para-hydroxylation sites is 1. The van der Waals surface area contributed by atoms with Crippen LogP contribution in [0, 0.1) is 5.82 Å². The van der Waals surface area contributed by atoms with E-state index in [1.165, 1.54) is 18.2 Å². The molecule has 1 fully saturated rings. The molecule has 0 spiro atoms. The van der Waals surface area contributed by atoms with E-state index in [1.54, 1.807) is 41.3 Å². The predicted molar refractivity (Wildman–Crippen MR) is 116 cm³/mol. The van der Waals surface area contributed by atoms with E-state index in [-0.39, 0.29) is 24.2 Å². The molecule has 0 aromatic heterocycles. The summed E-state index contributed by atoms with van der Waals surface area (Å²) in [7, 11) is 0. The van der Waals surface area contributed by atoms with Crippen LogP contribution in [0.15, 0.2) is 53.0 Å². The summed E-state index contributed by atoms with van der Waals surface area (Å²) in [6.07, 6.45) is 2.86. The van der Waals surface area contributed by atoms with Crippen molar-refractivity contribution < 1.29 is 14.0 Å². The topological polar surface area (TPSA) is 52.7 Å². The molecule has 1 aliphatic rings. The number of piperazine rings is 1. The van der Waals surface area contributed by atoms with Crippen LogP contribution in [0.4, 0.5) is 10.1 Å². The summed E-state index contributed by atoms with van der Waals surface area (Å²) in [6.45, 7) is 2.40. The van der Waals surface area contributed by atoms with E-state index in [9.17, 15) is 14.0 Å². The second kappa shape index (κ2) is 10.0. The molecule has 3 rings (SSSR count). The van der Waals surface area contributed by atoms with Crippen molar-refractivity contribution in [3.05, 3.63) is 69.4 Å². The van der Waals surface area contributed by atoms with Crippen LogP contribution in [0.1, 0.15) is 5.56 Å². The molecule has 2 aromatic rings. The Labute approximate surface area is 182 Å². The molecule has 2 aromatic carbocycles. The maximum absolute atomic E-state index is 13.8. The first-order valence-corrected chi connectivity index (χ1v) is 10.3. The van der Waals surface area contributed by atoms with Gasteiger partial charge in [0.15, 0.2) is 0 Å². The Morgan fingerprint density at radius 1 is 1.14 bits per heavy atom. The Bertz CT molecular complexity index is 930. The number of rotatable bonds is 5. The van der Waals surface area contributed by atoms with Crippen molar-refractivity contribution in [3.63, 3.8) is 0 Å². The van der Waals surface area contributed by atoms with Crippen molar-refractivity contribution in [2.45, 2.75) is 0 Å². The third-order valence-corrected chi connectivity index (χ3v) is 5.39. The molecule has 1 aliphatic heterocycles. The summed E-state index contributed by atoms with van der Waals surface area (Å²) in [5.41, 5.74) is 0.931. The largest absolute Gasteiger partial charge is 0.337 e. The third-order valence-electron chi connectivity index (χ3n) is 4.56. The van der Waals surface area contributed by atoms with Gasteiger partial charge in [0, 0.05) is 42.3 Å². The van der Waals surface area contributed by atoms with Crippen molar-refractivity contribution in [3.8, 4) is 0 Å². The first kappa shape index (κ1) is 21.5. The van der Waals surface area contributed by atoms with E-state index in [2.05, 4.69) is 21.2 Å². The van der Waals surface area contributed by atoms with Crippen LogP contribution >= 0.6 is 27.5 Å². The average molecular weight is 481 g/mol. The molecule has 8 heteroatoms. The maximum Gasteiger partial charge on any atom is 0.246 e. The summed E-state index contributed by atoms with van der Waals surface area (Å²) in [6, 6.07) is 11.6. The lowest BCUT2D eigenvalue weighted by Crippen LogP contribution is -2.50. The second-order valence-electron chi connectivity index (χ2n) is 6.63. The van der Waals surface area contributed by atoms with Crippen molar-refractivity contribution >= 4 is 51.1 Å². The molecule has 2 amide bonds. The molecular weight excluding hydrogens is 461 g/mol. The van der Waals surface area contributed by atoms with E-state index in [1.807, 2.05) is 4.90 Å². The zero-order valence-electron chi connectivity index (χ0n) is 15.6. The fourth-order valence-corrected chi connectivity index (χ4v) is 3.55. The molecule has 0 unspecified atom stereocenters. The molecule has 0 radical (unpaired) electrons. The first-order valence-electron chi connectivity index (χ1n) is 9.11. The molecule has 0 atom stereocenters. The summed E-state index contributed by atoms with van der Waals surface area (Å²) < 4.78 is 14.5. The van der Waals surface area contributed by atoms with Crippen molar-refractivity contribution in [2.75, 3.05) is 38.0 Å². The van der Waals surface area contributed by atoms with Crippen molar-refractivity contribution in [1.82, 2.24) is 9.80 Å². The Morgan fingerprint density at radius 3 is 2.59 bits per heavy atom. The fourth-order valence-electron chi connectivity index (χ4n) is 2.99. The van der Waals surface area contributed by atoms with E-state index >= 15 is 0 Å². The molecule has 29 heavy (non-hydrogen) atoms. The first-order chi connectivity index (χ1) is 13.9. The van der Waals surface area contributed by atoms with Crippen LogP contribution < -0.4 is 5.32 Å². The molecule has 1 heterocycles. The minimum atomic E-state index is -0.383. The molecule has 152 valence electrons. The number of hydrogen-bond donors (Lipinski definition) is 1. The van der Waals surface area contributed by atoms with Gasteiger partial charge in [-0.05, 0) is 36.4 Å². The Hall–Kier alpha value is -2.22. The van der Waals surface area contributed by atoms with Crippen LogP contribution in [0.25, 0.3) is 6.08 Å². The summed E-state index contributed by atoms with van der Waals surface area (Å²) in [5, 5.41) is 3.29. The van der Waals surface area contributed by atoms with E-state index in [0.717, 1.165) is 4.47 Å². The standard InChI is InChI=1S/C21H20BrClFN3O2/c22-16-6-7-18(24)15(13-16)5-8-21(29)27-11-9-26(10-12-27)14-20(28)25-19-4-2-1-3-17(19)23/h1-8,13H,9-12,14H2,(H,25,28)/b8-5+. The highest BCUT2D eigenvalue weighted by atomic mass is 79.9. The van der Waals surface area contributed by atoms with Gasteiger partial charge in [0.25, 0.3) is 0 Å². The SMILES string of the molecule is O=C(CN1CCN(C(=O)/C=C/c2cc(Br)ccc2F)CC1)Nc1ccccc1Cl. The number of benzene rings is 2. The zero-order valence-corrected chi connectivity index (χ0v) is 17.9. The second-order valence-corrected chi connectivity index (χ2v) is 7.95. The lowest BCUT2D eigenvalue weighted by molar-refractivity contribution is -0.127. The third kappa shape index (κ3) is 6.13. The van der Waals surface area contributed by atoms with Crippen LogP contribution in [-0.4, -0.2) is 54.3 Å². The molecule has 0 saturated carbocycles. The summed E-state index contributed by atoms with van der Waals surface area (Å²) in [4.78, 5) is 28.3. The van der Waals surface area contributed by atoms with Gasteiger partial charge < -0.3 is 10.2 Å². The van der Waals surface area contributed by atoms with Gasteiger partial charge in [-0.3, -0.25) is 14.5 Å². The van der Waals surface area contributed by atoms with Crippen LogP contribution in [0.5, 0.6) is 0 Å². The maximum atomic E-state index is 13.8. The number of hydrogen-bond acceptors (Lipinski definition) is 3. The quantitative estimate of drug-likeness (QED) is 0.657. The number of carbonyl (C=O) groups excluding carboxylic acids is 2. The highest BCUT2D eigenvalue weighted by Gasteiger charge is 2.21. The van der Waals surface area contributed by atoms with Gasteiger partial charge in [-0.15, -0.1) is 0 Å². The number of carbonyl (C=O) groups is 2. The Morgan fingerprint density at radius 2 is 1.86 bits per heavy atom. The minimum Gasteiger partial charge on any atom is -0.337 e. The molecule has 1 saturated heterocycles. The van der Waals surface area contributed by atoms with Crippen molar-refractivity contribution in [1.29, 1.82) is 0 Å². The van der Waals surface area contributed by atoms with Gasteiger partial charge >= 0.3 is 0 Å². The Kier molecular flexibility index (Phi) is 7.41. The Balaban J connectivity index is 1.48. The number of amides is 2. The van der Waals surface area contributed by atoms with Gasteiger partial charge in [-0.25, -0.2) is 4.39 Å². The number of nitrogens with zero attached hydrogens (tertiary/aromatic N) is 2. The smallest absolute Gasteiger partial charge is 0.246 e. The normalized spacial score (nSPS) is 14.9. The highest BCUT2D eigenvalue weighted by Crippen LogP contribution is 2.20. The lowest BCUT2D eigenvalue weighted by atomic mass is 10.2. The minimum absolute atomic E-state index is 0.150. The van der Waals surface area contributed by atoms with E-state index < -0.39 is 0 Å². The van der Waals surface area contributed by atoms with Gasteiger partial charge in [-0.1, -0.05) is 39.7 Å². The number of anilines is 1. The van der Waals surface area contributed by atoms with Crippen molar-refractivity contribution in [2.24, 2.45) is 0 Å². The van der Waals surface area contributed by atoms with Crippen LogP contribution in [-0.2, 0) is 9.59 Å². The van der Waals surface area contributed by atoms with Gasteiger partial charge in [0.05, 0.1) is 17.3 Å². The number of nitrogens with one attached hydrogen (secondary N) is 1. The van der Waals surface area contributed by atoms with Crippen LogP contribution in [0.2, 0.25) is 5.02 Å². The van der Waals surface area contributed by atoms with E-state index in [0.29, 0.717) is 42.5 Å². The zero-order chi connectivity index (χ0) is 20.8. The monoisotopic (exact) mass is 479 g/mol. The molecule has 5 nitrogen and oxygen atoms in total. The van der Waals surface area contributed by atoms with Gasteiger partial charge in [-0.2, -0.15) is 0 Å². The molecule has 0 bridgehead atoms. The van der Waals surface area contributed by atoms with Crippen LogP contribution in [0.3, 0.4) is 0 Å². The summed E-state index contributed by atoms with van der Waals surface area (Å²) >= 11 is 9.34. The highest BCUT2D eigenvalue weighted by molar-refractivity contribution is 9.10. The fraction of sp³-hybridized carbons (Fsp3) is 0.238.